The van der Waals surface area contributed by atoms with Gasteiger partial charge in [-0.05, 0) is 18.2 Å². The van der Waals surface area contributed by atoms with Gasteiger partial charge in [-0.15, -0.1) is 0 Å². The number of hydrogen-bond donors (Lipinski definition) is 1. The first-order valence-corrected chi connectivity index (χ1v) is 8.19. The number of nitrogens with one attached hydrogen (secondary N) is 1. The van der Waals surface area contributed by atoms with E-state index >= 15 is 0 Å². The van der Waals surface area contributed by atoms with E-state index in [1.54, 1.807) is 19.2 Å². The zero-order chi connectivity index (χ0) is 16.5. The summed E-state index contributed by atoms with van der Waals surface area (Å²) in [4.78, 5) is 0.0464. The van der Waals surface area contributed by atoms with Crippen LogP contribution in [0.4, 0.5) is 5.82 Å². The molecule has 0 atom stereocenters. The Labute approximate surface area is 130 Å². The molecule has 0 aliphatic carbocycles. The fourth-order valence-corrected chi connectivity index (χ4v) is 2.98. The Morgan fingerprint density at radius 1 is 1.27 bits per heavy atom. The maximum Gasteiger partial charge on any atom is 0.263 e. The van der Waals surface area contributed by atoms with Crippen LogP contribution in [0.2, 0.25) is 0 Å². The Balaban J connectivity index is 2.37. The highest BCUT2D eigenvalue weighted by Gasteiger charge is 2.22. The van der Waals surface area contributed by atoms with E-state index in [1.165, 1.54) is 22.9 Å². The lowest BCUT2D eigenvalue weighted by atomic mass is 9.92. The van der Waals surface area contributed by atoms with Crippen LogP contribution >= 0.6 is 0 Å². The van der Waals surface area contributed by atoms with Gasteiger partial charge < -0.3 is 0 Å². The number of aryl methyl sites for hydroxylation is 1. The van der Waals surface area contributed by atoms with Crippen LogP contribution in [0.15, 0.2) is 35.2 Å². The smallest absolute Gasteiger partial charge is 0.263 e. The van der Waals surface area contributed by atoms with Crippen molar-refractivity contribution < 1.29 is 8.42 Å². The predicted octanol–water partition coefficient (Wildman–Crippen LogP) is 2.39. The van der Waals surface area contributed by atoms with E-state index in [0.29, 0.717) is 11.4 Å². The van der Waals surface area contributed by atoms with Crippen molar-refractivity contribution in [2.75, 3.05) is 4.72 Å². The van der Waals surface area contributed by atoms with Crippen LogP contribution < -0.4 is 4.72 Å². The number of nitrogens with zero attached hydrogens (tertiary/aromatic N) is 3. The van der Waals surface area contributed by atoms with Crippen molar-refractivity contribution in [1.29, 1.82) is 5.26 Å². The minimum Gasteiger partial charge on any atom is -0.264 e. The Morgan fingerprint density at radius 3 is 2.50 bits per heavy atom. The summed E-state index contributed by atoms with van der Waals surface area (Å²) in [6, 6.07) is 9.52. The molecule has 1 aromatic carbocycles. The summed E-state index contributed by atoms with van der Waals surface area (Å²) < 4.78 is 28.8. The van der Waals surface area contributed by atoms with Crippen molar-refractivity contribution in [2.24, 2.45) is 7.05 Å². The zero-order valence-electron chi connectivity index (χ0n) is 13.0. The van der Waals surface area contributed by atoms with Crippen molar-refractivity contribution >= 4 is 15.8 Å². The van der Waals surface area contributed by atoms with Crippen molar-refractivity contribution in [3.05, 3.63) is 41.6 Å². The van der Waals surface area contributed by atoms with Gasteiger partial charge >= 0.3 is 0 Å². The molecule has 1 heterocycles. The van der Waals surface area contributed by atoms with Crippen molar-refractivity contribution in [3.63, 3.8) is 0 Å². The second kappa shape index (κ2) is 5.46. The van der Waals surface area contributed by atoms with Crippen LogP contribution in [-0.2, 0) is 22.5 Å². The third-order valence-electron chi connectivity index (χ3n) is 3.16. The normalized spacial score (nSPS) is 12.0. The summed E-state index contributed by atoms with van der Waals surface area (Å²) in [6.45, 7) is 6.01. The Kier molecular flexibility index (Phi) is 3.98. The Morgan fingerprint density at radius 2 is 1.95 bits per heavy atom. The average Bonchev–Trinajstić information content (AvgIpc) is 2.80. The van der Waals surface area contributed by atoms with Gasteiger partial charge in [-0.1, -0.05) is 26.8 Å². The second-order valence-electron chi connectivity index (χ2n) is 6.03. The highest BCUT2D eigenvalue weighted by atomic mass is 32.2. The monoisotopic (exact) mass is 318 g/mol. The first-order valence-electron chi connectivity index (χ1n) is 6.71. The summed E-state index contributed by atoms with van der Waals surface area (Å²) in [7, 11) is -2.08. The van der Waals surface area contributed by atoms with E-state index in [4.69, 9.17) is 5.26 Å². The number of rotatable bonds is 3. The average molecular weight is 318 g/mol. The second-order valence-corrected chi connectivity index (χ2v) is 7.72. The highest BCUT2D eigenvalue weighted by Crippen LogP contribution is 2.25. The predicted molar refractivity (Wildman–Crippen MR) is 83.9 cm³/mol. The molecular formula is C15H18N4O2S. The van der Waals surface area contributed by atoms with Gasteiger partial charge in [-0.2, -0.15) is 10.4 Å². The molecule has 1 N–H and O–H groups in total. The molecule has 0 saturated carbocycles. The summed E-state index contributed by atoms with van der Waals surface area (Å²) in [5.74, 6) is 0.382. The van der Waals surface area contributed by atoms with Gasteiger partial charge in [0.25, 0.3) is 10.0 Å². The molecule has 0 saturated heterocycles. The topological polar surface area (TPSA) is 87.8 Å². The van der Waals surface area contributed by atoms with Crippen molar-refractivity contribution in [2.45, 2.75) is 31.1 Å². The molecule has 7 heteroatoms. The van der Waals surface area contributed by atoms with E-state index in [1.807, 2.05) is 26.8 Å². The van der Waals surface area contributed by atoms with E-state index in [9.17, 15) is 8.42 Å². The molecule has 0 bridgehead atoms. The molecule has 0 spiro atoms. The molecule has 1 aromatic heterocycles. The van der Waals surface area contributed by atoms with Crippen LogP contribution in [0, 0.1) is 11.3 Å². The minimum atomic E-state index is -3.76. The molecule has 0 aliphatic rings. The number of sulfonamides is 1. The molecule has 0 unspecified atom stereocenters. The Hall–Kier alpha value is -2.33. The van der Waals surface area contributed by atoms with Gasteiger partial charge in [-0.3, -0.25) is 9.40 Å². The van der Waals surface area contributed by atoms with Gasteiger partial charge in [0.2, 0.25) is 0 Å². The molecule has 22 heavy (non-hydrogen) atoms. The lowest BCUT2D eigenvalue weighted by molar-refractivity contribution is 0.553. The quantitative estimate of drug-likeness (QED) is 0.941. The molecule has 0 radical (unpaired) electrons. The van der Waals surface area contributed by atoms with Crippen LogP contribution in [0.1, 0.15) is 32.0 Å². The van der Waals surface area contributed by atoms with E-state index in [2.05, 4.69) is 9.82 Å². The maximum atomic E-state index is 12.4. The van der Waals surface area contributed by atoms with Crippen molar-refractivity contribution in [1.82, 2.24) is 9.78 Å². The number of hydrogen-bond acceptors (Lipinski definition) is 4. The molecule has 0 amide bonds. The molecular weight excluding hydrogens is 300 g/mol. The van der Waals surface area contributed by atoms with E-state index in [0.717, 1.165) is 5.69 Å². The number of anilines is 1. The summed E-state index contributed by atoms with van der Waals surface area (Å²) in [5.41, 5.74) is 0.907. The lowest BCUT2D eigenvalue weighted by Crippen LogP contribution is -2.15. The minimum absolute atomic E-state index is 0.0464. The number of nitriles is 1. The van der Waals surface area contributed by atoms with Gasteiger partial charge in [0.05, 0.1) is 22.2 Å². The van der Waals surface area contributed by atoms with E-state index in [-0.39, 0.29) is 10.3 Å². The van der Waals surface area contributed by atoms with Gasteiger partial charge in [0, 0.05) is 18.5 Å². The lowest BCUT2D eigenvalue weighted by Gasteiger charge is -2.13. The van der Waals surface area contributed by atoms with Crippen LogP contribution in [0.25, 0.3) is 0 Å². The summed E-state index contributed by atoms with van der Waals surface area (Å²) >= 11 is 0. The zero-order valence-corrected chi connectivity index (χ0v) is 13.8. The highest BCUT2D eigenvalue weighted by molar-refractivity contribution is 7.92. The standard InChI is InChI=1S/C15H18N4O2S/c1-15(2,3)13-9-14(19(4)17-13)18-22(20,21)12-7-5-6-11(8-12)10-16/h5-9,18H,1-4H3. The fraction of sp³-hybridized carbons (Fsp3) is 0.333. The molecule has 0 fully saturated rings. The van der Waals surface area contributed by atoms with Crippen LogP contribution in [0.5, 0.6) is 0 Å². The third kappa shape index (κ3) is 3.28. The first-order chi connectivity index (χ1) is 10.1. The Bertz CT molecular complexity index is 839. The fourth-order valence-electron chi connectivity index (χ4n) is 1.86. The van der Waals surface area contributed by atoms with Crippen LogP contribution in [-0.4, -0.2) is 18.2 Å². The molecule has 2 aromatic rings. The third-order valence-corrected chi connectivity index (χ3v) is 4.51. The number of aromatic nitrogens is 2. The SMILES string of the molecule is Cn1nc(C(C)(C)C)cc1NS(=O)(=O)c1cccc(C#N)c1. The number of benzene rings is 1. The molecule has 6 nitrogen and oxygen atoms in total. The summed E-state index contributed by atoms with van der Waals surface area (Å²) in [5, 5.41) is 13.2. The van der Waals surface area contributed by atoms with Gasteiger partial charge in [-0.25, -0.2) is 8.42 Å². The molecule has 116 valence electrons. The largest absolute Gasteiger partial charge is 0.264 e. The van der Waals surface area contributed by atoms with Crippen molar-refractivity contribution in [3.8, 4) is 6.07 Å². The first kappa shape index (κ1) is 16.0. The molecule has 0 aliphatic heterocycles. The summed E-state index contributed by atoms with van der Waals surface area (Å²) in [6.07, 6.45) is 0. The van der Waals surface area contributed by atoms with Gasteiger partial charge in [0.1, 0.15) is 5.82 Å². The maximum absolute atomic E-state index is 12.4. The van der Waals surface area contributed by atoms with E-state index < -0.39 is 10.0 Å². The molecule has 2 rings (SSSR count). The van der Waals surface area contributed by atoms with Gasteiger partial charge in [0.15, 0.2) is 0 Å². The van der Waals surface area contributed by atoms with Crippen LogP contribution in [0.3, 0.4) is 0 Å².